The van der Waals surface area contributed by atoms with Crippen molar-refractivity contribution in [3.05, 3.63) is 42.1 Å². The molecule has 8 heteroatoms. The van der Waals surface area contributed by atoms with E-state index in [1.54, 1.807) is 6.20 Å². The molecule has 2 unspecified atom stereocenters. The lowest BCUT2D eigenvalue weighted by molar-refractivity contribution is -0.170. The van der Waals surface area contributed by atoms with Crippen LogP contribution in [0.15, 0.2) is 36.5 Å². The summed E-state index contributed by atoms with van der Waals surface area (Å²) in [7, 11) is 0. The van der Waals surface area contributed by atoms with Gasteiger partial charge in [0.05, 0.1) is 24.0 Å². The van der Waals surface area contributed by atoms with Gasteiger partial charge in [-0.2, -0.15) is 0 Å². The number of pyridine rings is 1. The van der Waals surface area contributed by atoms with Gasteiger partial charge in [0.25, 0.3) is 0 Å². The molecule has 0 spiro atoms. The first kappa shape index (κ1) is 22.7. The molecule has 1 aromatic carbocycles. The maximum Gasteiger partial charge on any atom is 0.305 e. The molecule has 0 saturated carbocycles. The predicted molar refractivity (Wildman–Crippen MR) is 109 cm³/mol. The Balaban J connectivity index is 2.44. The highest BCUT2D eigenvalue weighted by Crippen LogP contribution is 2.31. The summed E-state index contributed by atoms with van der Waals surface area (Å²) in [6.07, 6.45) is 0.666. The average molecular weight is 403 g/mol. The molecule has 1 heterocycles. The maximum absolute atomic E-state index is 12.6. The van der Waals surface area contributed by atoms with Crippen molar-refractivity contribution in [3.8, 4) is 0 Å². The minimum absolute atomic E-state index is 0.288. The van der Waals surface area contributed by atoms with Gasteiger partial charge in [-0.3, -0.25) is 14.6 Å². The quantitative estimate of drug-likeness (QED) is 0.492. The van der Waals surface area contributed by atoms with E-state index in [2.05, 4.69) is 10.3 Å². The average Bonchev–Trinajstić information content (AvgIpc) is 2.70. The third-order valence-corrected chi connectivity index (χ3v) is 4.65. The highest BCUT2D eigenvalue weighted by Gasteiger charge is 2.32. The molecular weight excluding hydrogens is 374 g/mol. The van der Waals surface area contributed by atoms with Crippen molar-refractivity contribution >= 4 is 22.8 Å². The first-order chi connectivity index (χ1) is 13.9. The molecule has 0 fully saturated rings. The Kier molecular flexibility index (Phi) is 8.50. The number of rotatable bonds is 11. The molecule has 2 aromatic rings. The van der Waals surface area contributed by atoms with Crippen molar-refractivity contribution in [2.45, 2.75) is 45.6 Å². The van der Waals surface area contributed by atoms with Crippen LogP contribution in [0, 0.1) is 5.92 Å². The third kappa shape index (κ3) is 5.96. The summed E-state index contributed by atoms with van der Waals surface area (Å²) in [6, 6.07) is 7.79. The maximum atomic E-state index is 12.6. The number of aromatic nitrogens is 1. The summed E-state index contributed by atoms with van der Waals surface area (Å²) in [5, 5.41) is 12.8. The second-order valence-electron chi connectivity index (χ2n) is 6.75. The third-order valence-electron chi connectivity index (χ3n) is 4.65. The number of carbonyl (C=O) groups excluding carboxylic acids is 1. The molecule has 0 aliphatic rings. The Labute approximate surface area is 170 Å². The molecule has 0 radical (unpaired) electrons. The summed E-state index contributed by atoms with van der Waals surface area (Å²) < 4.78 is 11.5. The molecule has 1 amide bonds. The number of benzene rings is 1. The normalized spacial score (nSPS) is 14.5. The SMILES string of the molecule is CCOC(OCC)[C@@H](C)C(NC(=O)C(N)CC(=O)O)c1cccc2cccnc12. The lowest BCUT2D eigenvalue weighted by Crippen LogP contribution is -2.47. The smallest absolute Gasteiger partial charge is 0.305 e. The molecule has 0 saturated heterocycles. The van der Waals surface area contributed by atoms with Crippen LogP contribution < -0.4 is 11.1 Å². The Morgan fingerprint density at radius 2 is 1.83 bits per heavy atom. The highest BCUT2D eigenvalue weighted by molar-refractivity contribution is 5.87. The Hall–Kier alpha value is -2.55. The molecule has 8 nitrogen and oxygen atoms in total. The van der Waals surface area contributed by atoms with Gasteiger partial charge in [-0.25, -0.2) is 0 Å². The second kappa shape index (κ2) is 10.8. The van der Waals surface area contributed by atoms with Crippen LogP contribution in [0.5, 0.6) is 0 Å². The fraction of sp³-hybridized carbons (Fsp3) is 0.476. The van der Waals surface area contributed by atoms with Gasteiger partial charge >= 0.3 is 5.97 Å². The fourth-order valence-corrected chi connectivity index (χ4v) is 3.25. The van der Waals surface area contributed by atoms with Crippen molar-refractivity contribution in [1.82, 2.24) is 10.3 Å². The first-order valence-corrected chi connectivity index (χ1v) is 9.73. The monoisotopic (exact) mass is 403 g/mol. The zero-order chi connectivity index (χ0) is 21.4. The van der Waals surface area contributed by atoms with Crippen LogP contribution in [0.1, 0.15) is 38.8 Å². The van der Waals surface area contributed by atoms with Crippen LogP contribution in [0.2, 0.25) is 0 Å². The summed E-state index contributed by atoms with van der Waals surface area (Å²) in [6.45, 7) is 6.54. The van der Waals surface area contributed by atoms with Crippen molar-refractivity contribution in [2.24, 2.45) is 11.7 Å². The number of nitrogens with two attached hydrogens (primary N) is 1. The van der Waals surface area contributed by atoms with E-state index in [0.29, 0.717) is 13.2 Å². The van der Waals surface area contributed by atoms with Crippen LogP contribution in [0.25, 0.3) is 10.9 Å². The van der Waals surface area contributed by atoms with Crippen LogP contribution >= 0.6 is 0 Å². The van der Waals surface area contributed by atoms with Gasteiger partial charge in [0.15, 0.2) is 6.29 Å². The van der Waals surface area contributed by atoms with Gasteiger partial charge in [-0.15, -0.1) is 0 Å². The molecule has 0 bridgehead atoms. The van der Waals surface area contributed by atoms with E-state index in [9.17, 15) is 9.59 Å². The second-order valence-corrected chi connectivity index (χ2v) is 6.75. The molecule has 1 aromatic heterocycles. The van der Waals surface area contributed by atoms with Crippen molar-refractivity contribution < 1.29 is 24.2 Å². The topological polar surface area (TPSA) is 124 Å². The van der Waals surface area contributed by atoms with E-state index in [-0.39, 0.29) is 5.92 Å². The Bertz CT molecular complexity index is 818. The van der Waals surface area contributed by atoms with Crippen molar-refractivity contribution in [1.29, 1.82) is 0 Å². The van der Waals surface area contributed by atoms with E-state index in [1.807, 2.05) is 51.1 Å². The van der Waals surface area contributed by atoms with Gasteiger partial charge in [0.1, 0.15) is 0 Å². The van der Waals surface area contributed by atoms with Gasteiger partial charge in [0.2, 0.25) is 5.91 Å². The highest BCUT2D eigenvalue weighted by atomic mass is 16.7. The number of hydrogen-bond donors (Lipinski definition) is 3. The van der Waals surface area contributed by atoms with E-state index in [0.717, 1.165) is 16.5 Å². The van der Waals surface area contributed by atoms with Crippen LogP contribution in [0.3, 0.4) is 0 Å². The minimum Gasteiger partial charge on any atom is -0.481 e. The van der Waals surface area contributed by atoms with E-state index < -0.39 is 36.7 Å². The van der Waals surface area contributed by atoms with Gasteiger partial charge in [-0.05, 0) is 19.9 Å². The molecule has 2 rings (SSSR count). The Morgan fingerprint density at radius 3 is 2.45 bits per heavy atom. The van der Waals surface area contributed by atoms with Crippen LogP contribution in [-0.2, 0) is 19.1 Å². The number of para-hydroxylation sites is 1. The molecule has 29 heavy (non-hydrogen) atoms. The van der Waals surface area contributed by atoms with Crippen LogP contribution in [-0.4, -0.2) is 47.5 Å². The lowest BCUT2D eigenvalue weighted by atomic mass is 9.91. The number of carboxylic acids is 1. The van der Waals surface area contributed by atoms with Crippen LogP contribution in [0.4, 0.5) is 0 Å². The van der Waals surface area contributed by atoms with Gasteiger partial charge < -0.3 is 25.6 Å². The number of carbonyl (C=O) groups is 2. The number of aliphatic carboxylic acids is 1. The minimum atomic E-state index is -1.16. The number of hydrogen-bond acceptors (Lipinski definition) is 6. The van der Waals surface area contributed by atoms with Crippen molar-refractivity contribution in [3.63, 3.8) is 0 Å². The number of ether oxygens (including phenoxy) is 2. The molecule has 158 valence electrons. The molecule has 4 N–H and O–H groups in total. The predicted octanol–water partition coefficient (Wildman–Crippen LogP) is 2.23. The zero-order valence-corrected chi connectivity index (χ0v) is 17.0. The standard InChI is InChI=1S/C21H29N3O5/c1-4-28-21(29-5-2)13(3)18(24-20(27)16(22)12-17(25)26)15-10-6-8-14-9-7-11-23-19(14)15/h6-11,13,16,18,21H,4-5,12,22H2,1-3H3,(H,24,27)(H,25,26)/t13-,16?,18?/m0/s1. The van der Waals surface area contributed by atoms with Gasteiger partial charge in [0, 0.05) is 36.3 Å². The number of carboxylic acid groups (broad SMARTS) is 1. The first-order valence-electron chi connectivity index (χ1n) is 9.73. The van der Waals surface area contributed by atoms with E-state index in [4.69, 9.17) is 20.3 Å². The summed E-state index contributed by atoms with van der Waals surface area (Å²) in [4.78, 5) is 28.1. The number of fused-ring (bicyclic) bond motifs is 1. The summed E-state index contributed by atoms with van der Waals surface area (Å²) in [5.74, 6) is -1.97. The van der Waals surface area contributed by atoms with Gasteiger partial charge in [-0.1, -0.05) is 31.2 Å². The lowest BCUT2D eigenvalue weighted by Gasteiger charge is -2.32. The van der Waals surface area contributed by atoms with E-state index in [1.165, 1.54) is 0 Å². The Morgan fingerprint density at radius 1 is 1.17 bits per heavy atom. The summed E-state index contributed by atoms with van der Waals surface area (Å²) >= 11 is 0. The van der Waals surface area contributed by atoms with Crippen molar-refractivity contribution in [2.75, 3.05) is 13.2 Å². The van der Waals surface area contributed by atoms with E-state index >= 15 is 0 Å². The number of nitrogens with one attached hydrogen (secondary N) is 1. The molecule has 0 aliphatic heterocycles. The molecule has 3 atom stereocenters. The molecule has 0 aliphatic carbocycles. The fourth-order valence-electron chi connectivity index (χ4n) is 3.25. The molecular formula is C21H29N3O5. The number of amides is 1. The summed E-state index contributed by atoms with van der Waals surface area (Å²) in [5.41, 5.74) is 7.31. The number of nitrogens with zero attached hydrogens (tertiary/aromatic N) is 1. The largest absolute Gasteiger partial charge is 0.481 e. The zero-order valence-electron chi connectivity index (χ0n) is 17.0.